The molecule has 0 aromatic heterocycles. The quantitative estimate of drug-likeness (QED) is 0.505. The van der Waals surface area contributed by atoms with E-state index < -0.39 is 9.04 Å². The molecule has 0 spiro atoms. The average molecular weight is 115 g/mol. The Morgan fingerprint density at radius 1 is 1.86 bits per heavy atom. The molecule has 0 aromatic rings. The van der Waals surface area contributed by atoms with Crippen LogP contribution in [-0.4, -0.2) is 15.6 Å². The monoisotopic (exact) mass is 115 g/mol. The van der Waals surface area contributed by atoms with Gasteiger partial charge >= 0.3 is 0 Å². The van der Waals surface area contributed by atoms with E-state index in [1.54, 1.807) is 0 Å². The predicted molar refractivity (Wildman–Crippen MR) is 33.4 cm³/mol. The molecule has 0 atom stereocenters. The van der Waals surface area contributed by atoms with E-state index in [0.717, 1.165) is 6.61 Å². The summed E-state index contributed by atoms with van der Waals surface area (Å²) in [6.45, 7) is 8.48. The van der Waals surface area contributed by atoms with Crippen LogP contribution in [0.4, 0.5) is 0 Å². The van der Waals surface area contributed by atoms with Crippen LogP contribution in [0.25, 0.3) is 0 Å². The van der Waals surface area contributed by atoms with E-state index in [2.05, 4.69) is 13.1 Å². The third-order valence-corrected chi connectivity index (χ3v) is 1.98. The van der Waals surface area contributed by atoms with Crippen LogP contribution in [-0.2, 0) is 4.43 Å². The average Bonchev–Trinajstić information content (AvgIpc) is 1.68. The second-order valence-electron chi connectivity index (χ2n) is 1.25. The van der Waals surface area contributed by atoms with E-state index in [-0.39, 0.29) is 0 Å². The van der Waals surface area contributed by atoms with Crippen molar-refractivity contribution in [1.82, 2.24) is 0 Å². The van der Waals surface area contributed by atoms with Crippen molar-refractivity contribution in [3.05, 3.63) is 12.3 Å². The highest BCUT2D eigenvalue weighted by molar-refractivity contribution is 6.55. The first-order valence-corrected chi connectivity index (χ1v) is 4.38. The minimum absolute atomic E-state index is 0.616. The van der Waals surface area contributed by atoms with Crippen LogP contribution >= 0.6 is 0 Å². The molecule has 1 nitrogen and oxygen atoms in total. The minimum atomic E-state index is -0.616. The number of hydrogen-bond acceptors (Lipinski definition) is 1. The third kappa shape index (κ3) is 3.75. The van der Waals surface area contributed by atoms with Gasteiger partial charge in [0.25, 0.3) is 0 Å². The summed E-state index contributed by atoms with van der Waals surface area (Å²) >= 11 is 0. The van der Waals surface area contributed by atoms with Crippen LogP contribution in [0.15, 0.2) is 12.3 Å². The first-order valence-electron chi connectivity index (χ1n) is 2.40. The maximum absolute atomic E-state index is 5.17. The van der Waals surface area contributed by atoms with Gasteiger partial charge in [-0.05, 0) is 13.5 Å². The van der Waals surface area contributed by atoms with Crippen LogP contribution in [0, 0.1) is 0 Å². The van der Waals surface area contributed by atoms with E-state index in [9.17, 15) is 0 Å². The summed E-state index contributed by atoms with van der Waals surface area (Å²) in [5.74, 6) is 0. The Labute approximate surface area is 46.7 Å². The first kappa shape index (κ1) is 6.92. The summed E-state index contributed by atoms with van der Waals surface area (Å²) in [6.07, 6.45) is 0. The van der Waals surface area contributed by atoms with Gasteiger partial charge in [-0.25, -0.2) is 0 Å². The zero-order chi connectivity index (χ0) is 5.70. The molecule has 41 valence electrons. The van der Waals surface area contributed by atoms with Crippen LogP contribution in [0.2, 0.25) is 6.55 Å². The van der Waals surface area contributed by atoms with Gasteiger partial charge in [0.15, 0.2) is 0 Å². The SMILES string of the molecule is C=C[Si](C)OCC. The molecule has 0 aliphatic rings. The molecule has 1 radical (unpaired) electrons. The zero-order valence-electron chi connectivity index (χ0n) is 4.90. The van der Waals surface area contributed by atoms with Gasteiger partial charge in [0.1, 0.15) is 0 Å². The Morgan fingerprint density at radius 2 is 2.43 bits per heavy atom. The van der Waals surface area contributed by atoms with E-state index in [4.69, 9.17) is 4.43 Å². The van der Waals surface area contributed by atoms with Crippen molar-refractivity contribution in [2.75, 3.05) is 6.61 Å². The van der Waals surface area contributed by atoms with Crippen molar-refractivity contribution in [3.63, 3.8) is 0 Å². The fourth-order valence-electron chi connectivity index (χ4n) is 0.287. The predicted octanol–water partition coefficient (Wildman–Crippen LogP) is 1.37. The highest BCUT2D eigenvalue weighted by Crippen LogP contribution is 1.82. The molecule has 0 saturated heterocycles. The van der Waals surface area contributed by atoms with Gasteiger partial charge in [0.05, 0.1) is 0 Å². The van der Waals surface area contributed by atoms with Crippen LogP contribution in [0.3, 0.4) is 0 Å². The Kier molecular flexibility index (Phi) is 4.04. The number of hydrogen-bond donors (Lipinski definition) is 0. The summed E-state index contributed by atoms with van der Waals surface area (Å²) < 4.78 is 5.17. The Hall–Kier alpha value is -0.0831. The standard InChI is InChI=1S/C5H11OSi/c1-4-6-7(3)5-2/h5H,2,4H2,1,3H3. The summed E-state index contributed by atoms with van der Waals surface area (Å²) in [5, 5.41) is 0. The van der Waals surface area contributed by atoms with Gasteiger partial charge in [-0.1, -0.05) is 5.70 Å². The fourth-order valence-corrected chi connectivity index (χ4v) is 0.860. The molecule has 0 aliphatic heterocycles. The first-order chi connectivity index (χ1) is 3.31. The second-order valence-corrected chi connectivity index (χ2v) is 3.17. The lowest BCUT2D eigenvalue weighted by Crippen LogP contribution is -2.08. The van der Waals surface area contributed by atoms with Crippen molar-refractivity contribution in [2.24, 2.45) is 0 Å². The molecule has 7 heavy (non-hydrogen) atoms. The Balaban J connectivity index is 2.98. The lowest BCUT2D eigenvalue weighted by molar-refractivity contribution is 0.353. The maximum atomic E-state index is 5.17. The second kappa shape index (κ2) is 4.09. The van der Waals surface area contributed by atoms with Gasteiger partial charge in [-0.3, -0.25) is 0 Å². The normalized spacial score (nSPS) is 9.57. The third-order valence-electron chi connectivity index (χ3n) is 0.659. The lowest BCUT2D eigenvalue weighted by Gasteiger charge is -1.99. The molecule has 0 rings (SSSR count). The maximum Gasteiger partial charge on any atom is 0.235 e. The molecule has 0 bridgehead atoms. The van der Waals surface area contributed by atoms with Crippen molar-refractivity contribution < 1.29 is 4.43 Å². The van der Waals surface area contributed by atoms with Crippen molar-refractivity contribution in [2.45, 2.75) is 13.5 Å². The van der Waals surface area contributed by atoms with E-state index in [1.165, 1.54) is 0 Å². The zero-order valence-corrected chi connectivity index (χ0v) is 5.90. The van der Waals surface area contributed by atoms with Gasteiger partial charge in [-0.2, -0.15) is 0 Å². The van der Waals surface area contributed by atoms with Gasteiger partial charge in [0.2, 0.25) is 9.04 Å². The fraction of sp³-hybridized carbons (Fsp3) is 0.600. The molecular formula is C5H11OSi. The molecular weight excluding hydrogens is 104 g/mol. The van der Waals surface area contributed by atoms with Gasteiger partial charge < -0.3 is 4.43 Å². The highest BCUT2D eigenvalue weighted by atomic mass is 28.3. The molecule has 0 amide bonds. The van der Waals surface area contributed by atoms with Crippen LogP contribution in [0.1, 0.15) is 6.92 Å². The van der Waals surface area contributed by atoms with E-state index in [0.29, 0.717) is 0 Å². The molecule has 0 fully saturated rings. The molecule has 2 heteroatoms. The largest absolute Gasteiger partial charge is 0.413 e. The van der Waals surface area contributed by atoms with Crippen LogP contribution in [0.5, 0.6) is 0 Å². The Morgan fingerprint density at radius 3 is 2.57 bits per heavy atom. The summed E-state index contributed by atoms with van der Waals surface area (Å²) in [6, 6.07) is 0. The molecule has 0 aliphatic carbocycles. The molecule has 0 saturated carbocycles. The Bertz CT molecular complexity index is 54.0. The topological polar surface area (TPSA) is 9.23 Å². The minimum Gasteiger partial charge on any atom is -0.413 e. The smallest absolute Gasteiger partial charge is 0.235 e. The van der Waals surface area contributed by atoms with Gasteiger partial charge in [-0.15, -0.1) is 6.58 Å². The molecule has 0 heterocycles. The number of rotatable bonds is 3. The summed E-state index contributed by atoms with van der Waals surface area (Å²) in [4.78, 5) is 0. The highest BCUT2D eigenvalue weighted by Gasteiger charge is 1.93. The summed E-state index contributed by atoms with van der Waals surface area (Å²) in [7, 11) is -0.616. The van der Waals surface area contributed by atoms with Crippen molar-refractivity contribution >= 4 is 9.04 Å². The van der Waals surface area contributed by atoms with Crippen LogP contribution < -0.4 is 0 Å². The lowest BCUT2D eigenvalue weighted by atomic mass is 10.9. The van der Waals surface area contributed by atoms with Gasteiger partial charge in [0, 0.05) is 6.61 Å². The van der Waals surface area contributed by atoms with E-state index >= 15 is 0 Å². The van der Waals surface area contributed by atoms with E-state index in [1.807, 2.05) is 12.6 Å². The molecule has 0 N–H and O–H groups in total. The van der Waals surface area contributed by atoms with Crippen molar-refractivity contribution in [1.29, 1.82) is 0 Å². The van der Waals surface area contributed by atoms with Crippen molar-refractivity contribution in [3.8, 4) is 0 Å². The molecule has 0 unspecified atom stereocenters. The molecule has 0 aromatic carbocycles. The summed E-state index contributed by atoms with van der Waals surface area (Å²) in [5.41, 5.74) is 1.88.